The lowest BCUT2D eigenvalue weighted by molar-refractivity contribution is 0.235. The number of rotatable bonds is 5. The molecule has 1 unspecified atom stereocenters. The third kappa shape index (κ3) is 3.31. The van der Waals surface area contributed by atoms with Gasteiger partial charge in [0.05, 0.1) is 0 Å². The van der Waals surface area contributed by atoms with Gasteiger partial charge in [-0.05, 0) is 59.6 Å². The van der Waals surface area contributed by atoms with Crippen molar-refractivity contribution in [3.63, 3.8) is 0 Å². The number of thiophene rings is 1. The Hall–Kier alpha value is 0.620. The van der Waals surface area contributed by atoms with E-state index in [0.717, 1.165) is 17.9 Å². The highest BCUT2D eigenvalue weighted by Crippen LogP contribution is 2.29. The maximum Gasteiger partial charge on any atom is 0.0342 e. The smallest absolute Gasteiger partial charge is 0.0342 e. The largest absolute Gasteiger partial charge is 0.295 e. The van der Waals surface area contributed by atoms with E-state index in [1.807, 2.05) is 11.3 Å². The number of hydrogen-bond acceptors (Lipinski definition) is 2. The van der Waals surface area contributed by atoms with Crippen LogP contribution in [0.3, 0.4) is 0 Å². The monoisotopic (exact) mass is 365 g/mol. The van der Waals surface area contributed by atoms with E-state index in [9.17, 15) is 0 Å². The molecule has 2 heterocycles. The van der Waals surface area contributed by atoms with Crippen LogP contribution in [0.1, 0.15) is 30.6 Å². The van der Waals surface area contributed by atoms with Crippen molar-refractivity contribution in [1.29, 1.82) is 0 Å². The van der Waals surface area contributed by atoms with Crippen LogP contribution in [0, 0.1) is 0 Å². The fraction of sp³-hybridized carbons (Fsp3) is 0.667. The average Bonchev–Trinajstić information content (AvgIpc) is 2.87. The van der Waals surface area contributed by atoms with E-state index in [2.05, 4.69) is 48.2 Å². The van der Waals surface area contributed by atoms with Crippen molar-refractivity contribution in [2.45, 2.75) is 38.3 Å². The lowest BCUT2D eigenvalue weighted by Crippen LogP contribution is -2.28. The van der Waals surface area contributed by atoms with Crippen molar-refractivity contribution in [2.75, 3.05) is 11.9 Å². The minimum absolute atomic E-state index is 0.812. The van der Waals surface area contributed by atoms with E-state index in [0.29, 0.717) is 0 Å². The van der Waals surface area contributed by atoms with Crippen LogP contribution in [-0.4, -0.2) is 22.8 Å². The van der Waals surface area contributed by atoms with Crippen LogP contribution < -0.4 is 0 Å². The zero-order valence-electron chi connectivity index (χ0n) is 9.29. The first-order chi connectivity index (χ1) is 7.81. The molecule has 0 aliphatic carbocycles. The molecule has 0 N–H and O–H groups in total. The first-order valence-electron chi connectivity index (χ1n) is 5.83. The normalized spacial score (nSPS) is 21.8. The van der Waals surface area contributed by atoms with E-state index < -0.39 is 0 Å². The maximum absolute atomic E-state index is 3.62. The second-order valence-electron chi connectivity index (χ2n) is 4.29. The predicted molar refractivity (Wildman–Crippen MR) is 78.5 cm³/mol. The first-order valence-corrected chi connectivity index (χ1v) is 8.62. The van der Waals surface area contributed by atoms with Gasteiger partial charge in [0.25, 0.3) is 0 Å². The fourth-order valence-corrected chi connectivity index (χ4v) is 4.19. The molecule has 0 amide bonds. The number of halogens is 2. The van der Waals surface area contributed by atoms with Gasteiger partial charge in [-0.3, -0.25) is 4.90 Å². The minimum Gasteiger partial charge on any atom is -0.295 e. The molecule has 1 aliphatic rings. The summed E-state index contributed by atoms with van der Waals surface area (Å²) in [5.74, 6) is 0. The third-order valence-corrected chi connectivity index (χ3v) is 5.68. The van der Waals surface area contributed by atoms with Crippen molar-refractivity contribution in [2.24, 2.45) is 0 Å². The van der Waals surface area contributed by atoms with Gasteiger partial charge in [-0.15, -0.1) is 11.3 Å². The molecule has 1 aromatic heterocycles. The van der Waals surface area contributed by atoms with Crippen molar-refractivity contribution in [3.05, 3.63) is 20.8 Å². The molecule has 0 radical (unpaired) electrons. The molecule has 0 aromatic carbocycles. The molecule has 0 saturated carbocycles. The van der Waals surface area contributed by atoms with E-state index >= 15 is 0 Å². The summed E-state index contributed by atoms with van der Waals surface area (Å²) in [4.78, 5) is 4.13. The van der Waals surface area contributed by atoms with Crippen LogP contribution in [0.5, 0.6) is 0 Å². The summed E-state index contributed by atoms with van der Waals surface area (Å²) in [5.41, 5.74) is 0. The van der Waals surface area contributed by atoms with Crippen molar-refractivity contribution in [3.8, 4) is 0 Å². The van der Waals surface area contributed by atoms with E-state index in [4.69, 9.17) is 0 Å². The topological polar surface area (TPSA) is 3.24 Å². The minimum atomic E-state index is 0.812. The summed E-state index contributed by atoms with van der Waals surface area (Å²) < 4.78 is 1.28. The average molecular weight is 367 g/mol. The molecule has 4 heteroatoms. The van der Waals surface area contributed by atoms with Crippen LogP contribution in [0.2, 0.25) is 0 Å². The molecule has 1 nitrogen and oxygen atoms in total. The summed E-state index contributed by atoms with van der Waals surface area (Å²) in [6.07, 6.45) is 5.40. The molecule has 1 fully saturated rings. The van der Waals surface area contributed by atoms with Gasteiger partial charge in [0, 0.05) is 27.3 Å². The highest BCUT2D eigenvalue weighted by molar-refractivity contribution is 9.10. The lowest BCUT2D eigenvalue weighted by Gasteiger charge is -2.23. The van der Waals surface area contributed by atoms with Gasteiger partial charge in [-0.25, -0.2) is 0 Å². The van der Waals surface area contributed by atoms with Gasteiger partial charge >= 0.3 is 0 Å². The number of alkyl halides is 1. The molecule has 1 saturated heterocycles. The van der Waals surface area contributed by atoms with E-state index in [1.165, 1.54) is 41.6 Å². The summed E-state index contributed by atoms with van der Waals surface area (Å²) in [7, 11) is 0. The predicted octanol–water partition coefficient (Wildman–Crippen LogP) is 4.65. The third-order valence-electron chi connectivity index (χ3n) is 3.21. The highest BCUT2D eigenvalue weighted by atomic mass is 79.9. The molecule has 0 spiro atoms. The van der Waals surface area contributed by atoms with Crippen molar-refractivity contribution < 1.29 is 0 Å². The van der Waals surface area contributed by atoms with Crippen LogP contribution in [0.15, 0.2) is 15.9 Å². The van der Waals surface area contributed by atoms with Gasteiger partial charge < -0.3 is 0 Å². The fourth-order valence-electron chi connectivity index (χ4n) is 2.37. The number of likely N-dealkylation sites (tertiary alicyclic amines) is 1. The second kappa shape index (κ2) is 6.53. The number of nitrogens with zero attached hydrogens (tertiary/aromatic N) is 1. The quantitative estimate of drug-likeness (QED) is 0.685. The van der Waals surface area contributed by atoms with Crippen LogP contribution in [0.25, 0.3) is 0 Å². The van der Waals surface area contributed by atoms with Gasteiger partial charge in [-0.2, -0.15) is 0 Å². The zero-order chi connectivity index (χ0) is 11.4. The van der Waals surface area contributed by atoms with Crippen LogP contribution >= 0.6 is 43.2 Å². The standard InChI is InChI=1S/C12H17Br2NS/c13-6-1-3-10-4-2-7-15(10)9-12-11(14)5-8-16-12/h5,8,10H,1-4,6-7,9H2. The summed E-state index contributed by atoms with van der Waals surface area (Å²) in [6.45, 7) is 2.41. The summed E-state index contributed by atoms with van der Waals surface area (Å²) in [5, 5.41) is 3.31. The van der Waals surface area contributed by atoms with Crippen LogP contribution in [0.4, 0.5) is 0 Å². The van der Waals surface area contributed by atoms with Gasteiger partial charge in [0.15, 0.2) is 0 Å². The molecule has 1 aliphatic heterocycles. The Morgan fingerprint density at radius 1 is 1.50 bits per heavy atom. The first kappa shape index (κ1) is 13.1. The Labute approximate surface area is 118 Å². The van der Waals surface area contributed by atoms with E-state index in [-0.39, 0.29) is 0 Å². The molecule has 0 bridgehead atoms. The van der Waals surface area contributed by atoms with Crippen LogP contribution in [-0.2, 0) is 6.54 Å². The summed E-state index contributed by atoms with van der Waals surface area (Å²) in [6, 6.07) is 2.97. The molecular formula is C12H17Br2NS. The Kier molecular flexibility index (Phi) is 5.33. The Bertz CT molecular complexity index is 327. The van der Waals surface area contributed by atoms with Gasteiger partial charge in [-0.1, -0.05) is 15.9 Å². The molecular weight excluding hydrogens is 350 g/mol. The number of hydrogen-bond donors (Lipinski definition) is 0. The van der Waals surface area contributed by atoms with E-state index in [1.54, 1.807) is 0 Å². The molecule has 16 heavy (non-hydrogen) atoms. The van der Waals surface area contributed by atoms with Gasteiger partial charge in [0.2, 0.25) is 0 Å². The molecule has 90 valence electrons. The molecule has 2 rings (SSSR count). The SMILES string of the molecule is BrCCCC1CCCN1Cc1sccc1Br. The Morgan fingerprint density at radius 3 is 3.06 bits per heavy atom. The summed E-state index contributed by atoms with van der Waals surface area (Å²) >= 11 is 9.01. The highest BCUT2D eigenvalue weighted by Gasteiger charge is 2.24. The Balaban J connectivity index is 1.91. The second-order valence-corrected chi connectivity index (χ2v) is 6.94. The maximum atomic E-state index is 3.62. The van der Waals surface area contributed by atoms with Gasteiger partial charge in [0.1, 0.15) is 0 Å². The molecule has 1 atom stereocenters. The Morgan fingerprint density at radius 2 is 2.38 bits per heavy atom. The lowest BCUT2D eigenvalue weighted by atomic mass is 10.1. The zero-order valence-corrected chi connectivity index (χ0v) is 13.3. The van der Waals surface area contributed by atoms with Crippen molar-refractivity contribution >= 4 is 43.2 Å². The molecule has 1 aromatic rings. The van der Waals surface area contributed by atoms with Crippen molar-refractivity contribution in [1.82, 2.24) is 4.90 Å².